The van der Waals surface area contributed by atoms with Crippen LogP contribution in [-0.2, 0) is 0 Å². The van der Waals surface area contributed by atoms with Crippen LogP contribution in [0.2, 0.25) is 0 Å². The Labute approximate surface area is 110 Å². The number of nitrogens with two attached hydrogens (primary N) is 1. The van der Waals surface area contributed by atoms with Gasteiger partial charge in [-0.3, -0.25) is 0 Å². The fourth-order valence-corrected chi connectivity index (χ4v) is 2.56. The first-order valence-electron chi connectivity index (χ1n) is 6.61. The Morgan fingerprint density at radius 3 is 2.29 bits per heavy atom. The van der Waals surface area contributed by atoms with Crippen LogP contribution in [-0.4, -0.2) is 11.8 Å². The summed E-state index contributed by atoms with van der Waals surface area (Å²) in [7, 11) is 0. The molecule has 2 N–H and O–H groups in total. The van der Waals surface area contributed by atoms with E-state index in [2.05, 4.69) is 45.0 Å². The summed E-state index contributed by atoms with van der Waals surface area (Å²) in [4.78, 5) is 1.38. The summed E-state index contributed by atoms with van der Waals surface area (Å²) < 4.78 is 0. The van der Waals surface area contributed by atoms with Gasteiger partial charge in [0.25, 0.3) is 0 Å². The van der Waals surface area contributed by atoms with Gasteiger partial charge in [-0.05, 0) is 55.6 Å². The van der Waals surface area contributed by atoms with E-state index in [0.29, 0.717) is 12.0 Å². The molecule has 1 aromatic carbocycles. The summed E-state index contributed by atoms with van der Waals surface area (Å²) in [6.07, 6.45) is 3.52. The van der Waals surface area contributed by atoms with Crippen LogP contribution in [0.25, 0.3) is 0 Å². The highest BCUT2D eigenvalue weighted by Gasteiger charge is 2.06. The lowest BCUT2D eigenvalue weighted by Crippen LogP contribution is -2.15. The highest BCUT2D eigenvalue weighted by Crippen LogP contribution is 2.25. The minimum atomic E-state index is 0.317. The first kappa shape index (κ1) is 14.6. The number of benzene rings is 1. The SMILES string of the molecule is CCCSc1ccc(C(C)CCC(C)N)cc1. The predicted octanol–water partition coefficient (Wildman–Crippen LogP) is 4.42. The average Bonchev–Trinajstić information content (AvgIpc) is 2.34. The molecule has 0 bridgehead atoms. The quantitative estimate of drug-likeness (QED) is 0.726. The molecule has 0 radical (unpaired) electrons. The second-order valence-corrected chi connectivity index (χ2v) is 6.04. The fraction of sp³-hybridized carbons (Fsp3) is 0.600. The standard InChI is InChI=1S/C15H25NS/c1-4-11-17-15-9-7-14(8-10-15)12(2)5-6-13(3)16/h7-10,12-13H,4-6,11,16H2,1-3H3. The van der Waals surface area contributed by atoms with Gasteiger partial charge in [0.1, 0.15) is 0 Å². The third-order valence-electron chi connectivity index (χ3n) is 2.98. The Bertz CT molecular complexity index is 305. The van der Waals surface area contributed by atoms with Crippen molar-refractivity contribution in [2.45, 2.75) is 56.9 Å². The van der Waals surface area contributed by atoms with E-state index >= 15 is 0 Å². The highest BCUT2D eigenvalue weighted by molar-refractivity contribution is 7.99. The number of rotatable bonds is 7. The second kappa shape index (κ2) is 7.78. The normalized spacial score (nSPS) is 14.6. The van der Waals surface area contributed by atoms with Crippen LogP contribution in [0, 0.1) is 0 Å². The van der Waals surface area contributed by atoms with Gasteiger partial charge in [-0.1, -0.05) is 26.0 Å². The molecule has 0 saturated carbocycles. The van der Waals surface area contributed by atoms with Crippen LogP contribution in [0.1, 0.15) is 51.5 Å². The Morgan fingerprint density at radius 1 is 1.12 bits per heavy atom. The molecular weight excluding hydrogens is 226 g/mol. The molecule has 0 aliphatic rings. The van der Waals surface area contributed by atoms with Gasteiger partial charge >= 0.3 is 0 Å². The minimum Gasteiger partial charge on any atom is -0.328 e. The summed E-state index contributed by atoms with van der Waals surface area (Å²) in [5, 5.41) is 0. The lowest BCUT2D eigenvalue weighted by molar-refractivity contribution is 0.568. The first-order chi connectivity index (χ1) is 8.13. The van der Waals surface area contributed by atoms with Crippen molar-refractivity contribution in [2.24, 2.45) is 5.73 Å². The first-order valence-corrected chi connectivity index (χ1v) is 7.60. The van der Waals surface area contributed by atoms with Gasteiger partial charge in [0, 0.05) is 10.9 Å². The number of thioether (sulfide) groups is 1. The van der Waals surface area contributed by atoms with Crippen molar-refractivity contribution in [1.29, 1.82) is 0 Å². The predicted molar refractivity (Wildman–Crippen MR) is 78.8 cm³/mol. The largest absolute Gasteiger partial charge is 0.328 e. The third kappa shape index (κ3) is 5.60. The van der Waals surface area contributed by atoms with Crippen LogP contribution < -0.4 is 5.73 Å². The van der Waals surface area contributed by atoms with Crippen molar-refractivity contribution in [1.82, 2.24) is 0 Å². The van der Waals surface area contributed by atoms with E-state index in [1.807, 2.05) is 11.8 Å². The van der Waals surface area contributed by atoms with Crippen molar-refractivity contribution in [2.75, 3.05) is 5.75 Å². The number of hydrogen-bond donors (Lipinski definition) is 1. The van der Waals surface area contributed by atoms with Gasteiger partial charge in [0.05, 0.1) is 0 Å². The monoisotopic (exact) mass is 251 g/mol. The lowest BCUT2D eigenvalue weighted by atomic mass is 9.95. The zero-order chi connectivity index (χ0) is 12.7. The molecule has 1 rings (SSSR count). The van der Waals surface area contributed by atoms with Crippen molar-refractivity contribution in [3.63, 3.8) is 0 Å². The maximum absolute atomic E-state index is 5.79. The van der Waals surface area contributed by atoms with E-state index < -0.39 is 0 Å². The average molecular weight is 251 g/mol. The molecule has 17 heavy (non-hydrogen) atoms. The van der Waals surface area contributed by atoms with Gasteiger partial charge in [0.2, 0.25) is 0 Å². The van der Waals surface area contributed by atoms with Gasteiger partial charge in [0.15, 0.2) is 0 Å². The molecule has 0 amide bonds. The molecule has 96 valence electrons. The van der Waals surface area contributed by atoms with E-state index in [4.69, 9.17) is 5.73 Å². The maximum Gasteiger partial charge on any atom is 0.00721 e. The van der Waals surface area contributed by atoms with Gasteiger partial charge < -0.3 is 5.73 Å². The van der Waals surface area contributed by atoms with E-state index in [0.717, 1.165) is 6.42 Å². The molecule has 0 aromatic heterocycles. The molecule has 2 unspecified atom stereocenters. The zero-order valence-corrected chi connectivity index (χ0v) is 12.1. The zero-order valence-electron chi connectivity index (χ0n) is 11.3. The Morgan fingerprint density at radius 2 is 1.76 bits per heavy atom. The van der Waals surface area contributed by atoms with Crippen LogP contribution >= 0.6 is 11.8 Å². The fourth-order valence-electron chi connectivity index (χ4n) is 1.79. The van der Waals surface area contributed by atoms with Crippen LogP contribution in [0.15, 0.2) is 29.2 Å². The maximum atomic E-state index is 5.79. The molecule has 0 spiro atoms. The van der Waals surface area contributed by atoms with Crippen molar-refractivity contribution < 1.29 is 0 Å². The number of hydrogen-bond acceptors (Lipinski definition) is 2. The summed E-state index contributed by atoms with van der Waals surface area (Å²) in [5.41, 5.74) is 7.23. The summed E-state index contributed by atoms with van der Waals surface area (Å²) in [6.45, 7) is 6.59. The molecule has 1 aromatic rings. The smallest absolute Gasteiger partial charge is 0.00721 e. The van der Waals surface area contributed by atoms with Gasteiger partial charge in [-0.2, -0.15) is 0 Å². The van der Waals surface area contributed by atoms with E-state index in [-0.39, 0.29) is 0 Å². The molecule has 1 nitrogen and oxygen atoms in total. The molecule has 0 fully saturated rings. The summed E-state index contributed by atoms with van der Waals surface area (Å²) in [5.74, 6) is 1.82. The minimum absolute atomic E-state index is 0.317. The van der Waals surface area contributed by atoms with Crippen molar-refractivity contribution in [3.05, 3.63) is 29.8 Å². The van der Waals surface area contributed by atoms with Crippen molar-refractivity contribution >= 4 is 11.8 Å². The summed E-state index contributed by atoms with van der Waals surface area (Å²) in [6, 6.07) is 9.35. The Balaban J connectivity index is 2.48. The summed E-state index contributed by atoms with van der Waals surface area (Å²) >= 11 is 1.94. The van der Waals surface area contributed by atoms with Crippen LogP contribution in [0.3, 0.4) is 0 Å². The molecule has 0 saturated heterocycles. The van der Waals surface area contributed by atoms with Gasteiger partial charge in [-0.25, -0.2) is 0 Å². The molecule has 2 atom stereocenters. The lowest BCUT2D eigenvalue weighted by Gasteiger charge is -2.13. The Kier molecular flexibility index (Phi) is 6.68. The molecule has 0 heterocycles. The molecule has 2 heteroatoms. The van der Waals surface area contributed by atoms with Crippen LogP contribution in [0.4, 0.5) is 0 Å². The van der Waals surface area contributed by atoms with Crippen LogP contribution in [0.5, 0.6) is 0 Å². The van der Waals surface area contributed by atoms with Crippen molar-refractivity contribution in [3.8, 4) is 0 Å². The van der Waals surface area contributed by atoms with E-state index in [9.17, 15) is 0 Å². The highest BCUT2D eigenvalue weighted by atomic mass is 32.2. The molecule has 0 aliphatic heterocycles. The second-order valence-electron chi connectivity index (χ2n) is 4.87. The van der Waals surface area contributed by atoms with E-state index in [1.54, 1.807) is 0 Å². The molecule has 0 aliphatic carbocycles. The Hall–Kier alpha value is -0.470. The van der Waals surface area contributed by atoms with Gasteiger partial charge in [-0.15, -0.1) is 11.8 Å². The topological polar surface area (TPSA) is 26.0 Å². The van der Waals surface area contributed by atoms with E-state index in [1.165, 1.54) is 29.1 Å². The molecular formula is C15H25NS. The third-order valence-corrected chi connectivity index (χ3v) is 4.19.